The molecule has 1 heterocycles. The summed E-state index contributed by atoms with van der Waals surface area (Å²) in [5.41, 5.74) is 2.83. The van der Waals surface area contributed by atoms with E-state index in [2.05, 4.69) is 20.8 Å². The van der Waals surface area contributed by atoms with Crippen molar-refractivity contribution in [3.63, 3.8) is 0 Å². The van der Waals surface area contributed by atoms with Crippen LogP contribution in [0.25, 0.3) is 0 Å². The lowest BCUT2D eigenvalue weighted by Gasteiger charge is -2.03. The topological polar surface area (TPSA) is 84.0 Å². The first-order chi connectivity index (χ1) is 13.0. The van der Waals surface area contributed by atoms with Crippen molar-refractivity contribution < 1.29 is 9.59 Å². The van der Waals surface area contributed by atoms with E-state index >= 15 is 0 Å². The van der Waals surface area contributed by atoms with Gasteiger partial charge >= 0.3 is 0 Å². The minimum atomic E-state index is -0.392. The lowest BCUT2D eigenvalue weighted by molar-refractivity contribution is 0.0951. The zero-order valence-corrected chi connectivity index (χ0v) is 16.1. The summed E-state index contributed by atoms with van der Waals surface area (Å²) in [6.45, 7) is 2.42. The minimum Gasteiger partial charge on any atom is -0.350 e. The number of benzene rings is 2. The zero-order valence-electron chi connectivity index (χ0n) is 14.5. The summed E-state index contributed by atoms with van der Waals surface area (Å²) in [6, 6.07) is 14.8. The van der Waals surface area contributed by atoms with Crippen molar-refractivity contribution in [2.75, 3.05) is 11.9 Å². The number of carbonyl (C=O) groups is 2. The van der Waals surface area contributed by atoms with Crippen LogP contribution in [0.15, 0.2) is 48.5 Å². The Labute approximate surface area is 165 Å². The second-order valence-electron chi connectivity index (χ2n) is 5.86. The van der Waals surface area contributed by atoms with Gasteiger partial charge in [-0.15, -0.1) is 10.2 Å². The number of amides is 2. The standard InChI is InChI=1S/C19H17ClN4O2S/c1-12-2-8-15(9-3-12)22-17(26)19-24-23-18(27-19)16(25)21-11-10-13-4-6-14(20)7-5-13/h2-9H,10-11H2,1H3,(H,21,25)(H,22,26). The van der Waals surface area contributed by atoms with Crippen molar-refractivity contribution in [2.24, 2.45) is 0 Å². The van der Waals surface area contributed by atoms with Crippen LogP contribution in [0.5, 0.6) is 0 Å². The molecule has 138 valence electrons. The Morgan fingerprint density at radius 3 is 2.26 bits per heavy atom. The molecule has 0 aliphatic rings. The summed E-state index contributed by atoms with van der Waals surface area (Å²) in [5, 5.41) is 14.1. The highest BCUT2D eigenvalue weighted by molar-refractivity contribution is 7.15. The average Bonchev–Trinajstić information content (AvgIpc) is 3.16. The van der Waals surface area contributed by atoms with E-state index in [1.165, 1.54) is 0 Å². The number of halogens is 1. The largest absolute Gasteiger partial charge is 0.350 e. The molecule has 0 atom stereocenters. The zero-order chi connectivity index (χ0) is 19.2. The van der Waals surface area contributed by atoms with Gasteiger partial charge in [-0.25, -0.2) is 0 Å². The summed E-state index contributed by atoms with van der Waals surface area (Å²) in [6.07, 6.45) is 0.669. The number of anilines is 1. The van der Waals surface area contributed by atoms with Crippen molar-refractivity contribution in [1.82, 2.24) is 15.5 Å². The molecule has 2 N–H and O–H groups in total. The highest BCUT2D eigenvalue weighted by Gasteiger charge is 2.17. The first kappa shape index (κ1) is 19.0. The summed E-state index contributed by atoms with van der Waals surface area (Å²) < 4.78 is 0. The van der Waals surface area contributed by atoms with Crippen LogP contribution in [0.2, 0.25) is 5.02 Å². The van der Waals surface area contributed by atoms with Crippen LogP contribution in [0.3, 0.4) is 0 Å². The fourth-order valence-corrected chi connectivity index (χ4v) is 3.06. The van der Waals surface area contributed by atoms with Gasteiger partial charge in [0.15, 0.2) is 0 Å². The Balaban J connectivity index is 1.52. The van der Waals surface area contributed by atoms with E-state index < -0.39 is 5.91 Å². The van der Waals surface area contributed by atoms with Crippen LogP contribution in [0.4, 0.5) is 5.69 Å². The van der Waals surface area contributed by atoms with E-state index in [1.54, 1.807) is 12.1 Å². The Morgan fingerprint density at radius 2 is 1.59 bits per heavy atom. The van der Waals surface area contributed by atoms with Gasteiger partial charge in [0.1, 0.15) is 0 Å². The molecule has 6 nitrogen and oxygen atoms in total. The molecule has 3 rings (SSSR count). The molecule has 0 aliphatic heterocycles. The van der Waals surface area contributed by atoms with Crippen LogP contribution in [-0.4, -0.2) is 28.6 Å². The smallest absolute Gasteiger partial charge is 0.286 e. The molecule has 27 heavy (non-hydrogen) atoms. The summed E-state index contributed by atoms with van der Waals surface area (Å²) in [5.74, 6) is -0.743. The number of hydrogen-bond acceptors (Lipinski definition) is 5. The molecular formula is C19H17ClN4O2S. The van der Waals surface area contributed by atoms with E-state index in [-0.39, 0.29) is 15.9 Å². The van der Waals surface area contributed by atoms with Gasteiger partial charge in [-0.2, -0.15) is 0 Å². The second kappa shape index (κ2) is 8.75. The minimum absolute atomic E-state index is 0.137. The highest BCUT2D eigenvalue weighted by atomic mass is 35.5. The Kier molecular flexibility index (Phi) is 6.16. The molecule has 0 spiro atoms. The number of hydrogen-bond donors (Lipinski definition) is 2. The maximum absolute atomic E-state index is 12.2. The molecule has 0 radical (unpaired) electrons. The highest BCUT2D eigenvalue weighted by Crippen LogP contribution is 2.14. The molecule has 0 saturated carbocycles. The van der Waals surface area contributed by atoms with Gasteiger partial charge in [0.2, 0.25) is 10.0 Å². The third-order valence-electron chi connectivity index (χ3n) is 3.74. The predicted molar refractivity (Wildman–Crippen MR) is 107 cm³/mol. The molecule has 8 heteroatoms. The Bertz CT molecular complexity index is 939. The molecule has 2 amide bonds. The monoisotopic (exact) mass is 400 g/mol. The average molecular weight is 401 g/mol. The first-order valence-electron chi connectivity index (χ1n) is 8.25. The lowest BCUT2D eigenvalue weighted by atomic mass is 10.1. The van der Waals surface area contributed by atoms with Gasteiger partial charge < -0.3 is 10.6 Å². The summed E-state index contributed by atoms with van der Waals surface area (Å²) >= 11 is 6.80. The maximum Gasteiger partial charge on any atom is 0.286 e. The number of aromatic nitrogens is 2. The third kappa shape index (κ3) is 5.35. The van der Waals surface area contributed by atoms with E-state index in [4.69, 9.17) is 11.6 Å². The molecular weight excluding hydrogens is 384 g/mol. The molecule has 3 aromatic rings. The summed E-state index contributed by atoms with van der Waals surface area (Å²) in [7, 11) is 0. The fourth-order valence-electron chi connectivity index (χ4n) is 2.28. The fraction of sp³-hybridized carbons (Fsp3) is 0.158. The van der Waals surface area contributed by atoms with Crippen LogP contribution in [-0.2, 0) is 6.42 Å². The van der Waals surface area contributed by atoms with Gasteiger partial charge in [-0.1, -0.05) is 52.8 Å². The van der Waals surface area contributed by atoms with Gasteiger partial charge in [-0.05, 0) is 43.2 Å². The van der Waals surface area contributed by atoms with Crippen molar-refractivity contribution in [3.05, 3.63) is 74.7 Å². The van der Waals surface area contributed by atoms with Gasteiger partial charge in [0, 0.05) is 17.3 Å². The first-order valence-corrected chi connectivity index (χ1v) is 9.45. The molecule has 2 aromatic carbocycles. The SMILES string of the molecule is Cc1ccc(NC(=O)c2nnc(C(=O)NCCc3ccc(Cl)cc3)s2)cc1. The van der Waals surface area contributed by atoms with Crippen LogP contribution in [0.1, 0.15) is 30.7 Å². The van der Waals surface area contributed by atoms with E-state index in [0.29, 0.717) is 23.7 Å². The molecule has 0 saturated heterocycles. The van der Waals surface area contributed by atoms with Crippen molar-refractivity contribution in [3.8, 4) is 0 Å². The molecule has 0 unspecified atom stereocenters. The van der Waals surface area contributed by atoms with Crippen LogP contribution >= 0.6 is 22.9 Å². The van der Waals surface area contributed by atoms with Crippen LogP contribution in [0, 0.1) is 6.92 Å². The molecule has 0 aliphatic carbocycles. The Hall–Kier alpha value is -2.77. The van der Waals surface area contributed by atoms with E-state index in [9.17, 15) is 9.59 Å². The molecule has 1 aromatic heterocycles. The van der Waals surface area contributed by atoms with Crippen LogP contribution < -0.4 is 10.6 Å². The van der Waals surface area contributed by atoms with Gasteiger partial charge in [-0.3, -0.25) is 9.59 Å². The number of carbonyl (C=O) groups excluding carboxylic acids is 2. The number of nitrogens with zero attached hydrogens (tertiary/aromatic N) is 2. The van der Waals surface area contributed by atoms with Crippen molar-refractivity contribution in [2.45, 2.75) is 13.3 Å². The normalized spacial score (nSPS) is 10.4. The van der Waals surface area contributed by atoms with Crippen molar-refractivity contribution >= 4 is 40.4 Å². The Morgan fingerprint density at radius 1 is 0.963 bits per heavy atom. The number of aryl methyl sites for hydroxylation is 1. The van der Waals surface area contributed by atoms with Crippen molar-refractivity contribution in [1.29, 1.82) is 0 Å². The predicted octanol–water partition coefficient (Wildman–Crippen LogP) is 3.72. The van der Waals surface area contributed by atoms with E-state index in [0.717, 1.165) is 22.5 Å². The number of rotatable bonds is 6. The van der Waals surface area contributed by atoms with E-state index in [1.807, 2.05) is 43.3 Å². The second-order valence-corrected chi connectivity index (χ2v) is 7.28. The third-order valence-corrected chi connectivity index (χ3v) is 4.91. The van der Waals surface area contributed by atoms with Gasteiger partial charge in [0.05, 0.1) is 0 Å². The number of nitrogens with one attached hydrogen (secondary N) is 2. The lowest BCUT2D eigenvalue weighted by Crippen LogP contribution is -2.25. The molecule has 0 fully saturated rings. The van der Waals surface area contributed by atoms with Gasteiger partial charge in [0.25, 0.3) is 11.8 Å². The molecule has 0 bridgehead atoms. The maximum atomic E-state index is 12.2. The quantitative estimate of drug-likeness (QED) is 0.660. The summed E-state index contributed by atoms with van der Waals surface area (Å²) in [4.78, 5) is 24.4.